The van der Waals surface area contributed by atoms with E-state index in [1.165, 1.54) is 0 Å². The maximum absolute atomic E-state index is 13.0. The lowest BCUT2D eigenvalue weighted by atomic mass is 10.1. The predicted octanol–water partition coefficient (Wildman–Crippen LogP) is 1.76. The number of pyridine rings is 1. The highest BCUT2D eigenvalue weighted by Crippen LogP contribution is 2.18. The number of nitrogens with zero attached hydrogens (tertiary/aromatic N) is 6. The van der Waals surface area contributed by atoms with Crippen LogP contribution in [-0.2, 0) is 13.1 Å². The highest BCUT2D eigenvalue weighted by atomic mass is 16.2. The standard InChI is InChI=1S/C19H21N7O/c1-14-3-7-20-17(9-14)18(27)25-11-15(10-23-19-21-5-2-6-22-19)12-26-16(13-25)4-8-24-26/h2-9,15H,10-13H2,1H3,(H,21,22,23)/t15-/m1/s1. The van der Waals surface area contributed by atoms with E-state index in [2.05, 4.69) is 25.4 Å². The Kier molecular flexibility index (Phi) is 4.78. The summed E-state index contributed by atoms with van der Waals surface area (Å²) in [6, 6.07) is 7.46. The lowest BCUT2D eigenvalue weighted by Gasteiger charge is -2.24. The first kappa shape index (κ1) is 17.1. The first-order valence-corrected chi connectivity index (χ1v) is 8.92. The highest BCUT2D eigenvalue weighted by Gasteiger charge is 2.27. The fourth-order valence-corrected chi connectivity index (χ4v) is 3.26. The number of hydrogen-bond donors (Lipinski definition) is 1. The molecule has 4 heterocycles. The van der Waals surface area contributed by atoms with Crippen LogP contribution in [0.2, 0.25) is 0 Å². The third-order valence-corrected chi connectivity index (χ3v) is 4.60. The minimum Gasteiger partial charge on any atom is -0.354 e. The van der Waals surface area contributed by atoms with Crippen LogP contribution in [0.1, 0.15) is 21.7 Å². The molecule has 1 aliphatic heterocycles. The molecule has 8 nitrogen and oxygen atoms in total. The van der Waals surface area contributed by atoms with Crippen molar-refractivity contribution in [3.8, 4) is 0 Å². The van der Waals surface area contributed by atoms with Gasteiger partial charge in [-0.2, -0.15) is 5.10 Å². The zero-order chi connectivity index (χ0) is 18.6. The predicted molar refractivity (Wildman–Crippen MR) is 100.0 cm³/mol. The van der Waals surface area contributed by atoms with Crippen LogP contribution in [-0.4, -0.2) is 48.6 Å². The van der Waals surface area contributed by atoms with Gasteiger partial charge in [0, 0.05) is 50.3 Å². The quantitative estimate of drug-likeness (QED) is 0.760. The summed E-state index contributed by atoms with van der Waals surface area (Å²) >= 11 is 0. The Balaban J connectivity index is 1.54. The Morgan fingerprint density at radius 1 is 1.15 bits per heavy atom. The summed E-state index contributed by atoms with van der Waals surface area (Å²) < 4.78 is 1.97. The van der Waals surface area contributed by atoms with Gasteiger partial charge in [-0.05, 0) is 36.8 Å². The second kappa shape index (κ2) is 7.53. The summed E-state index contributed by atoms with van der Waals surface area (Å²) in [6.45, 7) is 4.47. The van der Waals surface area contributed by atoms with Gasteiger partial charge in [-0.25, -0.2) is 9.97 Å². The maximum Gasteiger partial charge on any atom is 0.272 e. The zero-order valence-corrected chi connectivity index (χ0v) is 15.1. The lowest BCUT2D eigenvalue weighted by molar-refractivity contribution is 0.0718. The van der Waals surface area contributed by atoms with Crippen LogP contribution < -0.4 is 5.32 Å². The molecular weight excluding hydrogens is 342 g/mol. The average molecular weight is 363 g/mol. The van der Waals surface area contributed by atoms with Crippen LogP contribution in [0.25, 0.3) is 0 Å². The monoisotopic (exact) mass is 363 g/mol. The van der Waals surface area contributed by atoms with Crippen molar-refractivity contribution in [2.75, 3.05) is 18.4 Å². The topological polar surface area (TPSA) is 88.8 Å². The second-order valence-corrected chi connectivity index (χ2v) is 6.73. The largest absolute Gasteiger partial charge is 0.354 e. The molecule has 3 aromatic rings. The van der Waals surface area contributed by atoms with Crippen LogP contribution in [0.15, 0.2) is 49.1 Å². The summed E-state index contributed by atoms with van der Waals surface area (Å²) in [5, 5.41) is 7.66. The van der Waals surface area contributed by atoms with E-state index in [1.54, 1.807) is 30.9 Å². The average Bonchev–Trinajstić information content (AvgIpc) is 3.04. The van der Waals surface area contributed by atoms with Crippen LogP contribution >= 0.6 is 0 Å². The van der Waals surface area contributed by atoms with Crippen LogP contribution in [0, 0.1) is 12.8 Å². The van der Waals surface area contributed by atoms with Gasteiger partial charge in [0.2, 0.25) is 5.95 Å². The molecule has 0 saturated heterocycles. The van der Waals surface area contributed by atoms with Gasteiger partial charge in [-0.3, -0.25) is 14.5 Å². The molecule has 0 aromatic carbocycles. The van der Waals surface area contributed by atoms with E-state index in [-0.39, 0.29) is 11.8 Å². The Morgan fingerprint density at radius 2 is 2.00 bits per heavy atom. The van der Waals surface area contributed by atoms with Gasteiger partial charge in [-0.1, -0.05) is 0 Å². The molecule has 27 heavy (non-hydrogen) atoms. The molecule has 0 aliphatic carbocycles. The van der Waals surface area contributed by atoms with E-state index in [4.69, 9.17) is 0 Å². The lowest BCUT2D eigenvalue weighted by Crippen LogP contribution is -2.36. The van der Waals surface area contributed by atoms with E-state index < -0.39 is 0 Å². The number of carbonyl (C=O) groups excluding carboxylic acids is 1. The number of carbonyl (C=O) groups is 1. The van der Waals surface area contributed by atoms with E-state index in [9.17, 15) is 4.79 Å². The van der Waals surface area contributed by atoms with Gasteiger partial charge in [0.25, 0.3) is 5.91 Å². The van der Waals surface area contributed by atoms with E-state index in [0.717, 1.165) is 17.8 Å². The highest BCUT2D eigenvalue weighted by molar-refractivity contribution is 5.92. The summed E-state index contributed by atoms with van der Waals surface area (Å²) in [7, 11) is 0. The SMILES string of the molecule is Cc1ccnc(C(=O)N2Cc3ccnn3C[C@H](CNc3ncccn3)C2)c1. The number of fused-ring (bicyclic) bond motifs is 1. The third kappa shape index (κ3) is 3.94. The molecule has 0 saturated carbocycles. The van der Waals surface area contributed by atoms with Crippen molar-refractivity contribution in [3.63, 3.8) is 0 Å². The minimum atomic E-state index is -0.0608. The zero-order valence-electron chi connectivity index (χ0n) is 15.1. The molecule has 1 atom stereocenters. The first-order valence-electron chi connectivity index (χ1n) is 8.92. The molecule has 0 spiro atoms. The molecule has 1 aliphatic rings. The Bertz CT molecular complexity index is 925. The van der Waals surface area contributed by atoms with Crippen molar-refractivity contribution in [1.82, 2.24) is 29.6 Å². The number of amides is 1. The van der Waals surface area contributed by atoms with Crippen molar-refractivity contribution >= 4 is 11.9 Å². The van der Waals surface area contributed by atoms with Gasteiger partial charge >= 0.3 is 0 Å². The van der Waals surface area contributed by atoms with Gasteiger partial charge < -0.3 is 10.2 Å². The van der Waals surface area contributed by atoms with Crippen molar-refractivity contribution < 1.29 is 4.79 Å². The van der Waals surface area contributed by atoms with Gasteiger partial charge in [0.1, 0.15) is 5.69 Å². The third-order valence-electron chi connectivity index (χ3n) is 4.60. The summed E-state index contributed by atoms with van der Waals surface area (Å²) in [4.78, 5) is 27.5. The number of nitrogens with one attached hydrogen (secondary N) is 1. The fourth-order valence-electron chi connectivity index (χ4n) is 3.26. The second-order valence-electron chi connectivity index (χ2n) is 6.73. The van der Waals surface area contributed by atoms with Crippen molar-refractivity contribution in [3.05, 3.63) is 66.0 Å². The van der Waals surface area contributed by atoms with Crippen molar-refractivity contribution in [2.24, 2.45) is 5.92 Å². The molecule has 0 fully saturated rings. The van der Waals surface area contributed by atoms with E-state index in [0.29, 0.717) is 31.3 Å². The number of aryl methyl sites for hydroxylation is 1. The number of anilines is 1. The Labute approximate surface area is 157 Å². The molecule has 1 N–H and O–H groups in total. The Morgan fingerprint density at radius 3 is 2.81 bits per heavy atom. The number of rotatable bonds is 4. The minimum absolute atomic E-state index is 0.0608. The van der Waals surface area contributed by atoms with E-state index >= 15 is 0 Å². The van der Waals surface area contributed by atoms with Crippen LogP contribution in [0.4, 0.5) is 5.95 Å². The summed E-state index contributed by atoms with van der Waals surface area (Å²) in [6.07, 6.45) is 6.86. The van der Waals surface area contributed by atoms with Gasteiger partial charge in [-0.15, -0.1) is 0 Å². The fraction of sp³-hybridized carbons (Fsp3) is 0.316. The van der Waals surface area contributed by atoms with Crippen molar-refractivity contribution in [1.29, 1.82) is 0 Å². The summed E-state index contributed by atoms with van der Waals surface area (Å²) in [5.41, 5.74) is 2.52. The molecule has 138 valence electrons. The first-order chi connectivity index (χ1) is 13.2. The van der Waals surface area contributed by atoms with Crippen molar-refractivity contribution in [2.45, 2.75) is 20.0 Å². The molecular formula is C19H21N7O. The smallest absolute Gasteiger partial charge is 0.272 e. The Hall–Kier alpha value is -3.29. The van der Waals surface area contributed by atoms with Gasteiger partial charge in [0.15, 0.2) is 0 Å². The van der Waals surface area contributed by atoms with Gasteiger partial charge in [0.05, 0.1) is 12.2 Å². The molecule has 8 heteroatoms. The molecule has 0 bridgehead atoms. The molecule has 1 amide bonds. The molecule has 3 aromatic heterocycles. The number of hydrogen-bond acceptors (Lipinski definition) is 6. The van der Waals surface area contributed by atoms with E-state index in [1.807, 2.05) is 34.7 Å². The molecule has 0 unspecified atom stereocenters. The van der Waals surface area contributed by atoms with Crippen LogP contribution in [0.3, 0.4) is 0 Å². The maximum atomic E-state index is 13.0. The van der Waals surface area contributed by atoms with Crippen LogP contribution in [0.5, 0.6) is 0 Å². The normalized spacial score (nSPS) is 16.5. The summed E-state index contributed by atoms with van der Waals surface area (Å²) in [5.74, 6) is 0.693. The molecule has 0 radical (unpaired) electrons. The number of aromatic nitrogens is 5. The molecule has 4 rings (SSSR count).